The standard InChI is InChI=1S/C19H21ClFN3O2/c1-13(16-5-3-4-6-17(16)20)22-18(25)11-24(2)12-19(26)23-15-9-7-14(21)8-10-15/h3-10,13H,11-12H2,1-2H3,(H,22,25)(H,23,26)/p+1/t13-/m1/s1. The molecule has 0 aliphatic heterocycles. The monoisotopic (exact) mass is 378 g/mol. The van der Waals surface area contributed by atoms with Gasteiger partial charge in [0.2, 0.25) is 0 Å². The number of benzene rings is 2. The van der Waals surface area contributed by atoms with E-state index >= 15 is 0 Å². The van der Waals surface area contributed by atoms with Gasteiger partial charge in [-0.1, -0.05) is 29.8 Å². The molecule has 7 heteroatoms. The van der Waals surface area contributed by atoms with Gasteiger partial charge in [-0.15, -0.1) is 0 Å². The minimum atomic E-state index is -0.366. The Morgan fingerprint density at radius 1 is 1.08 bits per heavy atom. The van der Waals surface area contributed by atoms with Crippen molar-refractivity contribution in [3.8, 4) is 0 Å². The lowest BCUT2D eigenvalue weighted by molar-refractivity contribution is -0.862. The fraction of sp³-hybridized carbons (Fsp3) is 0.263. The molecular weight excluding hydrogens is 357 g/mol. The lowest BCUT2D eigenvalue weighted by Gasteiger charge is -2.18. The van der Waals surface area contributed by atoms with Crippen LogP contribution in [0.1, 0.15) is 18.5 Å². The summed E-state index contributed by atoms with van der Waals surface area (Å²) in [5, 5.41) is 6.15. The molecule has 0 heterocycles. The molecule has 0 fully saturated rings. The van der Waals surface area contributed by atoms with Crippen LogP contribution in [-0.2, 0) is 9.59 Å². The van der Waals surface area contributed by atoms with Crippen LogP contribution in [0.5, 0.6) is 0 Å². The fourth-order valence-corrected chi connectivity index (χ4v) is 2.85. The average Bonchev–Trinajstić information content (AvgIpc) is 2.56. The lowest BCUT2D eigenvalue weighted by atomic mass is 10.1. The van der Waals surface area contributed by atoms with Crippen molar-refractivity contribution in [2.45, 2.75) is 13.0 Å². The zero-order chi connectivity index (χ0) is 19.1. The highest BCUT2D eigenvalue weighted by molar-refractivity contribution is 6.31. The van der Waals surface area contributed by atoms with Gasteiger partial charge in [0.15, 0.2) is 13.1 Å². The largest absolute Gasteiger partial charge is 0.345 e. The van der Waals surface area contributed by atoms with Gasteiger partial charge in [0.05, 0.1) is 13.1 Å². The van der Waals surface area contributed by atoms with Gasteiger partial charge in [0.25, 0.3) is 11.8 Å². The molecule has 138 valence electrons. The summed E-state index contributed by atoms with van der Waals surface area (Å²) >= 11 is 6.13. The van der Waals surface area contributed by atoms with Crippen molar-refractivity contribution in [1.29, 1.82) is 0 Å². The predicted octanol–water partition coefficient (Wildman–Crippen LogP) is 1.81. The first-order chi connectivity index (χ1) is 12.3. The summed E-state index contributed by atoms with van der Waals surface area (Å²) < 4.78 is 12.9. The number of hydrogen-bond acceptors (Lipinski definition) is 2. The molecule has 2 rings (SSSR count). The molecule has 26 heavy (non-hydrogen) atoms. The Morgan fingerprint density at radius 2 is 1.69 bits per heavy atom. The number of carbonyl (C=O) groups excluding carboxylic acids is 2. The Kier molecular flexibility index (Phi) is 7.12. The molecule has 2 aromatic rings. The second-order valence-corrected chi connectivity index (χ2v) is 6.58. The maximum Gasteiger partial charge on any atom is 0.279 e. The van der Waals surface area contributed by atoms with Crippen molar-refractivity contribution in [2.75, 3.05) is 25.5 Å². The quantitative estimate of drug-likeness (QED) is 0.688. The third-order valence-electron chi connectivity index (χ3n) is 3.80. The van der Waals surface area contributed by atoms with E-state index in [1.807, 2.05) is 25.1 Å². The first-order valence-electron chi connectivity index (χ1n) is 8.25. The van der Waals surface area contributed by atoms with E-state index in [-0.39, 0.29) is 36.8 Å². The molecule has 0 aliphatic carbocycles. The fourth-order valence-electron chi connectivity index (χ4n) is 2.55. The highest BCUT2D eigenvalue weighted by atomic mass is 35.5. The number of halogens is 2. The molecular formula is C19H22ClFN3O2+. The van der Waals surface area contributed by atoms with Crippen molar-refractivity contribution in [2.24, 2.45) is 0 Å². The van der Waals surface area contributed by atoms with Gasteiger partial charge in [-0.3, -0.25) is 9.59 Å². The molecule has 3 N–H and O–H groups in total. The second-order valence-electron chi connectivity index (χ2n) is 6.18. The SMILES string of the molecule is C[C@@H](NC(=O)C[NH+](C)CC(=O)Nc1ccc(F)cc1)c1ccccc1Cl. The molecule has 2 amide bonds. The van der Waals surface area contributed by atoms with Crippen molar-refractivity contribution in [3.63, 3.8) is 0 Å². The number of nitrogens with one attached hydrogen (secondary N) is 3. The summed E-state index contributed by atoms with van der Waals surface area (Å²) in [6.07, 6.45) is 0. The number of anilines is 1. The molecule has 0 radical (unpaired) electrons. The van der Waals surface area contributed by atoms with Crippen LogP contribution in [0.2, 0.25) is 5.02 Å². The third kappa shape index (κ3) is 6.13. The first kappa shape index (κ1) is 19.9. The van der Waals surface area contributed by atoms with E-state index in [1.165, 1.54) is 24.3 Å². The summed E-state index contributed by atoms with van der Waals surface area (Å²) in [6, 6.07) is 12.6. The van der Waals surface area contributed by atoms with Crippen LogP contribution in [0.3, 0.4) is 0 Å². The molecule has 0 aliphatic rings. The molecule has 1 unspecified atom stereocenters. The normalized spacial score (nSPS) is 12.9. The maximum absolute atomic E-state index is 12.9. The van der Waals surface area contributed by atoms with Crippen molar-refractivity contribution in [3.05, 3.63) is 64.9 Å². The zero-order valence-corrected chi connectivity index (χ0v) is 15.4. The van der Waals surface area contributed by atoms with Gasteiger partial charge < -0.3 is 15.5 Å². The van der Waals surface area contributed by atoms with Crippen LogP contribution in [0.4, 0.5) is 10.1 Å². The minimum absolute atomic E-state index is 0.116. The van der Waals surface area contributed by atoms with Crippen LogP contribution >= 0.6 is 11.6 Å². The first-order valence-corrected chi connectivity index (χ1v) is 8.63. The van der Waals surface area contributed by atoms with E-state index in [4.69, 9.17) is 11.6 Å². The number of rotatable bonds is 7. The van der Waals surface area contributed by atoms with E-state index < -0.39 is 0 Å². The van der Waals surface area contributed by atoms with E-state index in [2.05, 4.69) is 10.6 Å². The van der Waals surface area contributed by atoms with Gasteiger partial charge in [0, 0.05) is 10.7 Å². The van der Waals surface area contributed by atoms with Crippen LogP contribution in [0, 0.1) is 5.82 Å². The molecule has 0 saturated carbocycles. The molecule has 0 aromatic heterocycles. The Balaban J connectivity index is 1.80. The Hall–Kier alpha value is -2.44. The van der Waals surface area contributed by atoms with Crippen LogP contribution in [-0.4, -0.2) is 32.0 Å². The molecule has 2 aromatic carbocycles. The second kappa shape index (κ2) is 9.31. The minimum Gasteiger partial charge on any atom is -0.345 e. The smallest absolute Gasteiger partial charge is 0.279 e. The van der Waals surface area contributed by atoms with Crippen molar-refractivity contribution in [1.82, 2.24) is 5.32 Å². The van der Waals surface area contributed by atoms with E-state index in [1.54, 1.807) is 13.1 Å². The highest BCUT2D eigenvalue weighted by Crippen LogP contribution is 2.21. The zero-order valence-electron chi connectivity index (χ0n) is 14.7. The Bertz CT molecular complexity index is 768. The van der Waals surface area contributed by atoms with Crippen molar-refractivity contribution < 1.29 is 18.9 Å². The van der Waals surface area contributed by atoms with Gasteiger partial charge in [-0.05, 0) is 42.8 Å². The molecule has 0 saturated heterocycles. The van der Waals surface area contributed by atoms with Gasteiger partial charge in [-0.25, -0.2) is 4.39 Å². The number of likely N-dealkylation sites (N-methyl/N-ethyl adjacent to an activating group) is 1. The molecule has 0 bridgehead atoms. The topological polar surface area (TPSA) is 62.6 Å². The summed E-state index contributed by atoms with van der Waals surface area (Å²) in [7, 11) is 1.75. The highest BCUT2D eigenvalue weighted by Gasteiger charge is 2.17. The Morgan fingerprint density at radius 3 is 2.35 bits per heavy atom. The molecule has 2 atom stereocenters. The summed E-state index contributed by atoms with van der Waals surface area (Å²) in [5.41, 5.74) is 1.36. The van der Waals surface area contributed by atoms with E-state index in [0.29, 0.717) is 10.7 Å². The van der Waals surface area contributed by atoms with Crippen LogP contribution < -0.4 is 15.5 Å². The number of carbonyl (C=O) groups is 2. The van der Waals surface area contributed by atoms with E-state index in [9.17, 15) is 14.0 Å². The maximum atomic E-state index is 12.9. The summed E-state index contributed by atoms with van der Waals surface area (Å²) in [6.45, 7) is 2.12. The summed E-state index contributed by atoms with van der Waals surface area (Å²) in [4.78, 5) is 24.9. The van der Waals surface area contributed by atoms with Gasteiger partial charge in [-0.2, -0.15) is 0 Å². The van der Waals surface area contributed by atoms with Gasteiger partial charge >= 0.3 is 0 Å². The third-order valence-corrected chi connectivity index (χ3v) is 4.15. The number of quaternary nitrogens is 1. The molecule has 5 nitrogen and oxygen atoms in total. The Labute approximate surface area is 157 Å². The average molecular weight is 379 g/mol. The van der Waals surface area contributed by atoms with Crippen LogP contribution in [0.15, 0.2) is 48.5 Å². The number of hydrogen-bond donors (Lipinski definition) is 3. The predicted molar refractivity (Wildman–Crippen MR) is 99.7 cm³/mol. The van der Waals surface area contributed by atoms with Gasteiger partial charge in [0.1, 0.15) is 5.82 Å². The lowest BCUT2D eigenvalue weighted by Crippen LogP contribution is -3.11. The van der Waals surface area contributed by atoms with Crippen molar-refractivity contribution >= 4 is 29.1 Å². The summed E-state index contributed by atoms with van der Waals surface area (Å²) in [5.74, 6) is -0.791. The molecule has 0 spiro atoms. The number of amides is 2. The van der Waals surface area contributed by atoms with E-state index in [0.717, 1.165) is 10.5 Å². The van der Waals surface area contributed by atoms with Crippen LogP contribution in [0.25, 0.3) is 0 Å².